The Hall–Kier alpha value is -1.91. The Morgan fingerprint density at radius 3 is 2.25 bits per heavy atom. The van der Waals surface area contributed by atoms with Crippen LogP contribution >= 0.6 is 0 Å². The predicted molar refractivity (Wildman–Crippen MR) is 71.7 cm³/mol. The molecule has 0 aliphatic carbocycles. The molecule has 1 aromatic carbocycles. The van der Waals surface area contributed by atoms with Crippen LogP contribution in [0.2, 0.25) is 0 Å². The van der Waals surface area contributed by atoms with Gasteiger partial charge in [0.05, 0.1) is 0 Å². The molecule has 0 saturated heterocycles. The van der Waals surface area contributed by atoms with Crippen molar-refractivity contribution in [1.29, 1.82) is 0 Å². The highest BCUT2D eigenvalue weighted by atomic mass is 19.1. The smallest absolute Gasteiger partial charge is 0.320 e. The summed E-state index contributed by atoms with van der Waals surface area (Å²) >= 11 is 0. The number of rotatable bonds is 5. The van der Waals surface area contributed by atoms with Crippen molar-refractivity contribution in [2.45, 2.75) is 39.2 Å². The lowest BCUT2D eigenvalue weighted by atomic mass is 9.99. The zero-order valence-electron chi connectivity index (χ0n) is 11.9. The molecule has 0 heterocycles. The number of carboxylic acid groups (broad SMARTS) is 1. The number of esters is 1. The summed E-state index contributed by atoms with van der Waals surface area (Å²) in [5.41, 5.74) is 0.0573. The van der Waals surface area contributed by atoms with E-state index in [0.29, 0.717) is 6.42 Å². The van der Waals surface area contributed by atoms with Crippen molar-refractivity contribution in [2.75, 3.05) is 0 Å². The third-order valence-electron chi connectivity index (χ3n) is 2.62. The van der Waals surface area contributed by atoms with E-state index in [0.717, 1.165) is 5.56 Å². The van der Waals surface area contributed by atoms with Crippen molar-refractivity contribution in [3.63, 3.8) is 0 Å². The van der Waals surface area contributed by atoms with Gasteiger partial charge in [-0.3, -0.25) is 9.59 Å². The molecule has 0 aliphatic heterocycles. The van der Waals surface area contributed by atoms with Crippen molar-refractivity contribution < 1.29 is 23.8 Å². The monoisotopic (exact) mass is 282 g/mol. The van der Waals surface area contributed by atoms with Gasteiger partial charge in [0.1, 0.15) is 11.4 Å². The molecule has 1 atom stereocenters. The van der Waals surface area contributed by atoms with E-state index in [9.17, 15) is 14.0 Å². The van der Waals surface area contributed by atoms with E-state index < -0.39 is 23.5 Å². The van der Waals surface area contributed by atoms with E-state index in [1.807, 2.05) is 0 Å². The second-order valence-corrected chi connectivity index (χ2v) is 5.59. The first-order valence-corrected chi connectivity index (χ1v) is 6.39. The van der Waals surface area contributed by atoms with Crippen LogP contribution < -0.4 is 0 Å². The number of ether oxygens (including phenoxy) is 1. The molecule has 0 amide bonds. The summed E-state index contributed by atoms with van der Waals surface area (Å²) in [6.45, 7) is 5.05. The Labute approximate surface area is 117 Å². The molecule has 1 rings (SSSR count). The fourth-order valence-corrected chi connectivity index (χ4v) is 1.68. The third kappa shape index (κ3) is 5.38. The SMILES string of the molecule is CC(C)(C)OC(=O)C(CCc1ccc(F)cc1)C(=O)O. The van der Waals surface area contributed by atoms with Crippen LogP contribution in [0.5, 0.6) is 0 Å². The van der Waals surface area contributed by atoms with Gasteiger partial charge in [-0.25, -0.2) is 4.39 Å². The van der Waals surface area contributed by atoms with Gasteiger partial charge in [-0.1, -0.05) is 12.1 Å². The van der Waals surface area contributed by atoms with Crippen molar-refractivity contribution >= 4 is 11.9 Å². The number of carboxylic acids is 1. The van der Waals surface area contributed by atoms with Crippen molar-refractivity contribution in [3.05, 3.63) is 35.6 Å². The summed E-state index contributed by atoms with van der Waals surface area (Å²) < 4.78 is 17.8. The molecular weight excluding hydrogens is 263 g/mol. The van der Waals surface area contributed by atoms with Crippen molar-refractivity contribution in [1.82, 2.24) is 0 Å². The first kappa shape index (κ1) is 16.1. The van der Waals surface area contributed by atoms with Crippen LogP contribution in [0.25, 0.3) is 0 Å². The van der Waals surface area contributed by atoms with Gasteiger partial charge in [0.25, 0.3) is 0 Å². The summed E-state index contributed by atoms with van der Waals surface area (Å²) in [4.78, 5) is 23.0. The van der Waals surface area contributed by atoms with Crippen molar-refractivity contribution in [2.24, 2.45) is 5.92 Å². The molecule has 0 radical (unpaired) electrons. The number of carbonyl (C=O) groups is 2. The lowest BCUT2D eigenvalue weighted by molar-refractivity contribution is -0.167. The summed E-state index contributed by atoms with van der Waals surface area (Å²) in [5.74, 6) is -3.51. The van der Waals surface area contributed by atoms with E-state index in [1.165, 1.54) is 12.1 Å². The first-order chi connectivity index (χ1) is 9.19. The van der Waals surface area contributed by atoms with Gasteiger partial charge in [-0.15, -0.1) is 0 Å². The maximum atomic E-state index is 12.8. The highest BCUT2D eigenvalue weighted by Crippen LogP contribution is 2.17. The Balaban J connectivity index is 2.66. The molecule has 20 heavy (non-hydrogen) atoms. The quantitative estimate of drug-likeness (QED) is 0.666. The number of halogens is 1. The summed E-state index contributed by atoms with van der Waals surface area (Å²) in [6, 6.07) is 5.75. The van der Waals surface area contributed by atoms with E-state index >= 15 is 0 Å². The summed E-state index contributed by atoms with van der Waals surface area (Å²) in [5, 5.41) is 9.10. The molecule has 5 heteroatoms. The molecule has 110 valence electrons. The van der Waals surface area contributed by atoms with Crippen LogP contribution in [0.1, 0.15) is 32.8 Å². The number of hydrogen-bond donors (Lipinski definition) is 1. The number of aliphatic carboxylic acids is 1. The second-order valence-electron chi connectivity index (χ2n) is 5.59. The molecule has 1 aromatic rings. The Kier molecular flexibility index (Phi) is 5.25. The lowest BCUT2D eigenvalue weighted by Crippen LogP contribution is -2.33. The minimum atomic E-state index is -1.21. The van der Waals surface area contributed by atoms with Crippen LogP contribution in [0.4, 0.5) is 4.39 Å². The average molecular weight is 282 g/mol. The maximum absolute atomic E-state index is 12.8. The van der Waals surface area contributed by atoms with Gasteiger partial charge in [-0.05, 0) is 51.3 Å². The van der Waals surface area contributed by atoms with E-state index in [2.05, 4.69) is 0 Å². The number of aryl methyl sites for hydroxylation is 1. The zero-order valence-corrected chi connectivity index (χ0v) is 11.9. The standard InChI is InChI=1S/C15H19FO4/c1-15(2,3)20-14(19)12(13(17)18)9-6-10-4-7-11(16)8-5-10/h4-5,7-8,12H,6,9H2,1-3H3,(H,17,18). The highest BCUT2D eigenvalue weighted by Gasteiger charge is 2.30. The fraction of sp³-hybridized carbons (Fsp3) is 0.467. The van der Waals surface area contributed by atoms with Gasteiger partial charge in [0, 0.05) is 0 Å². The van der Waals surface area contributed by atoms with Crippen LogP contribution in [-0.2, 0) is 20.7 Å². The predicted octanol–water partition coefficient (Wildman–Crippen LogP) is 2.80. The molecule has 0 saturated carbocycles. The van der Waals surface area contributed by atoms with Gasteiger partial charge in [-0.2, -0.15) is 0 Å². The molecule has 0 bridgehead atoms. The molecule has 0 fully saturated rings. The van der Waals surface area contributed by atoms with Gasteiger partial charge < -0.3 is 9.84 Å². The molecule has 0 aliphatic rings. The second kappa shape index (κ2) is 6.50. The van der Waals surface area contributed by atoms with Crippen LogP contribution in [0.15, 0.2) is 24.3 Å². The van der Waals surface area contributed by atoms with Crippen LogP contribution in [0.3, 0.4) is 0 Å². The lowest BCUT2D eigenvalue weighted by Gasteiger charge is -2.22. The van der Waals surface area contributed by atoms with Gasteiger partial charge in [0.2, 0.25) is 0 Å². The molecule has 1 N–H and O–H groups in total. The van der Waals surface area contributed by atoms with Gasteiger partial charge in [0.15, 0.2) is 5.92 Å². The number of hydrogen-bond acceptors (Lipinski definition) is 3. The Bertz CT molecular complexity index is 474. The summed E-state index contributed by atoms with van der Waals surface area (Å²) in [7, 11) is 0. The summed E-state index contributed by atoms with van der Waals surface area (Å²) in [6.07, 6.45) is 0.492. The molecular formula is C15H19FO4. The fourth-order valence-electron chi connectivity index (χ4n) is 1.68. The van der Waals surface area contributed by atoms with E-state index in [4.69, 9.17) is 9.84 Å². The molecule has 0 spiro atoms. The Morgan fingerprint density at radius 1 is 1.25 bits per heavy atom. The molecule has 4 nitrogen and oxygen atoms in total. The first-order valence-electron chi connectivity index (χ1n) is 6.39. The average Bonchev–Trinajstić information content (AvgIpc) is 2.29. The minimum Gasteiger partial charge on any atom is -0.481 e. The highest BCUT2D eigenvalue weighted by molar-refractivity contribution is 5.94. The Morgan fingerprint density at radius 2 is 1.80 bits per heavy atom. The topological polar surface area (TPSA) is 63.6 Å². The normalized spacial score (nSPS) is 12.8. The van der Waals surface area contributed by atoms with Crippen LogP contribution in [-0.4, -0.2) is 22.6 Å². The third-order valence-corrected chi connectivity index (χ3v) is 2.62. The number of carbonyl (C=O) groups excluding carboxylic acids is 1. The zero-order chi connectivity index (χ0) is 15.3. The van der Waals surface area contributed by atoms with Crippen LogP contribution in [0, 0.1) is 11.7 Å². The molecule has 1 unspecified atom stereocenters. The van der Waals surface area contributed by atoms with E-state index in [1.54, 1.807) is 32.9 Å². The van der Waals surface area contributed by atoms with Gasteiger partial charge >= 0.3 is 11.9 Å². The largest absolute Gasteiger partial charge is 0.481 e. The van der Waals surface area contributed by atoms with E-state index in [-0.39, 0.29) is 12.2 Å². The minimum absolute atomic E-state index is 0.121. The number of benzene rings is 1. The molecule has 0 aromatic heterocycles. The van der Waals surface area contributed by atoms with Crippen molar-refractivity contribution in [3.8, 4) is 0 Å². The maximum Gasteiger partial charge on any atom is 0.320 e.